The van der Waals surface area contributed by atoms with Gasteiger partial charge in [-0.05, 0) is 42.9 Å². The number of rotatable bonds is 5. The summed E-state index contributed by atoms with van der Waals surface area (Å²) in [6, 6.07) is 9.97. The van der Waals surface area contributed by atoms with Crippen molar-refractivity contribution in [2.75, 3.05) is 7.05 Å². The second kappa shape index (κ2) is 6.93. The third-order valence-electron chi connectivity index (χ3n) is 2.77. The number of hydrogen-bond donors (Lipinski definition) is 1. The van der Waals surface area contributed by atoms with Gasteiger partial charge >= 0.3 is 0 Å². The Morgan fingerprint density at radius 2 is 1.95 bits per heavy atom. The van der Waals surface area contributed by atoms with Crippen LogP contribution in [0.2, 0.25) is 10.0 Å². The predicted octanol–water partition coefficient (Wildman–Crippen LogP) is 4.43. The maximum absolute atomic E-state index is 13.8. The quantitative estimate of drug-likeness (QED) is 0.881. The minimum atomic E-state index is -0.393. The van der Waals surface area contributed by atoms with E-state index in [9.17, 15) is 4.39 Å². The fourth-order valence-corrected chi connectivity index (χ4v) is 2.15. The van der Waals surface area contributed by atoms with E-state index in [4.69, 9.17) is 27.9 Å². The smallest absolute Gasteiger partial charge is 0.165 e. The van der Waals surface area contributed by atoms with E-state index < -0.39 is 5.82 Å². The average Bonchev–Trinajstić information content (AvgIpc) is 2.42. The van der Waals surface area contributed by atoms with Crippen LogP contribution in [0.25, 0.3) is 0 Å². The van der Waals surface area contributed by atoms with Crippen molar-refractivity contribution < 1.29 is 9.13 Å². The molecule has 0 aliphatic carbocycles. The van der Waals surface area contributed by atoms with E-state index in [1.54, 1.807) is 24.3 Å². The van der Waals surface area contributed by atoms with Gasteiger partial charge < -0.3 is 10.1 Å². The Labute approximate surface area is 127 Å². The van der Waals surface area contributed by atoms with Crippen LogP contribution >= 0.6 is 23.2 Å². The highest BCUT2D eigenvalue weighted by molar-refractivity contribution is 6.33. The zero-order chi connectivity index (χ0) is 14.5. The number of halogens is 3. The Hall–Kier alpha value is -1.29. The summed E-state index contributed by atoms with van der Waals surface area (Å²) in [6.07, 6.45) is 0. The first-order chi connectivity index (χ1) is 9.60. The topological polar surface area (TPSA) is 21.3 Å². The molecule has 0 heterocycles. The van der Waals surface area contributed by atoms with E-state index >= 15 is 0 Å². The largest absolute Gasteiger partial charge is 0.486 e. The SMILES string of the molecule is CNCc1ccc(OCc2cc(Cl)ccc2Cl)c(F)c1. The van der Waals surface area contributed by atoms with Crippen LogP contribution in [0.5, 0.6) is 5.75 Å². The molecule has 0 spiro atoms. The highest BCUT2D eigenvalue weighted by atomic mass is 35.5. The van der Waals surface area contributed by atoms with Gasteiger partial charge in [0.25, 0.3) is 0 Å². The fraction of sp³-hybridized carbons (Fsp3) is 0.200. The van der Waals surface area contributed by atoms with Crippen LogP contribution in [-0.2, 0) is 13.2 Å². The lowest BCUT2D eigenvalue weighted by atomic mass is 10.2. The number of hydrogen-bond acceptors (Lipinski definition) is 2. The van der Waals surface area contributed by atoms with E-state index in [0.29, 0.717) is 16.6 Å². The molecule has 0 aliphatic heterocycles. The van der Waals surface area contributed by atoms with E-state index in [1.165, 1.54) is 6.07 Å². The third-order valence-corrected chi connectivity index (χ3v) is 3.37. The van der Waals surface area contributed by atoms with Crippen LogP contribution in [-0.4, -0.2) is 7.05 Å². The molecular formula is C15H14Cl2FNO. The Bertz CT molecular complexity index is 604. The highest BCUT2D eigenvalue weighted by Gasteiger charge is 2.07. The summed E-state index contributed by atoms with van der Waals surface area (Å²) in [6.45, 7) is 0.777. The van der Waals surface area contributed by atoms with E-state index in [2.05, 4.69) is 5.32 Å². The van der Waals surface area contributed by atoms with Crippen molar-refractivity contribution in [2.45, 2.75) is 13.2 Å². The molecule has 5 heteroatoms. The molecule has 2 nitrogen and oxygen atoms in total. The zero-order valence-corrected chi connectivity index (χ0v) is 12.4. The summed E-state index contributed by atoms with van der Waals surface area (Å²) < 4.78 is 19.3. The van der Waals surface area contributed by atoms with Gasteiger partial charge in [-0.2, -0.15) is 0 Å². The molecular weight excluding hydrogens is 300 g/mol. The van der Waals surface area contributed by atoms with Crippen molar-refractivity contribution in [2.24, 2.45) is 0 Å². The highest BCUT2D eigenvalue weighted by Crippen LogP contribution is 2.24. The zero-order valence-electron chi connectivity index (χ0n) is 10.9. The molecule has 0 aromatic heterocycles. The molecule has 2 aromatic rings. The van der Waals surface area contributed by atoms with Crippen molar-refractivity contribution in [1.29, 1.82) is 0 Å². The van der Waals surface area contributed by atoms with Gasteiger partial charge in [-0.15, -0.1) is 0 Å². The average molecular weight is 314 g/mol. The van der Waals surface area contributed by atoms with Gasteiger partial charge in [-0.1, -0.05) is 29.3 Å². The van der Waals surface area contributed by atoms with E-state index in [1.807, 2.05) is 13.1 Å². The monoisotopic (exact) mass is 313 g/mol. The van der Waals surface area contributed by atoms with Crippen LogP contribution in [0.15, 0.2) is 36.4 Å². The molecule has 0 fully saturated rings. The lowest BCUT2D eigenvalue weighted by Gasteiger charge is -2.10. The Morgan fingerprint density at radius 1 is 1.15 bits per heavy atom. The lowest BCUT2D eigenvalue weighted by molar-refractivity contribution is 0.290. The van der Waals surface area contributed by atoms with E-state index in [-0.39, 0.29) is 12.4 Å². The van der Waals surface area contributed by atoms with Crippen molar-refractivity contribution in [3.8, 4) is 5.75 Å². The molecule has 0 bridgehead atoms. The molecule has 0 amide bonds. The van der Waals surface area contributed by atoms with Crippen LogP contribution < -0.4 is 10.1 Å². The molecule has 0 unspecified atom stereocenters. The van der Waals surface area contributed by atoms with Crippen LogP contribution in [0.4, 0.5) is 4.39 Å². The molecule has 0 atom stereocenters. The summed E-state index contributed by atoms with van der Waals surface area (Å²) in [4.78, 5) is 0. The fourth-order valence-electron chi connectivity index (χ4n) is 1.78. The van der Waals surface area contributed by atoms with Crippen molar-refractivity contribution in [1.82, 2.24) is 5.32 Å². The van der Waals surface area contributed by atoms with Crippen LogP contribution in [0.3, 0.4) is 0 Å². The molecule has 0 radical (unpaired) electrons. The first kappa shape index (κ1) is 15.1. The maximum atomic E-state index is 13.8. The Balaban J connectivity index is 2.09. The molecule has 0 saturated heterocycles. The molecule has 106 valence electrons. The normalized spacial score (nSPS) is 10.6. The lowest BCUT2D eigenvalue weighted by Crippen LogP contribution is -2.05. The van der Waals surface area contributed by atoms with Gasteiger partial charge in [-0.25, -0.2) is 4.39 Å². The Morgan fingerprint density at radius 3 is 2.65 bits per heavy atom. The molecule has 1 N–H and O–H groups in total. The summed E-state index contributed by atoms with van der Waals surface area (Å²) in [5, 5.41) is 4.07. The van der Waals surface area contributed by atoms with Crippen molar-refractivity contribution in [3.63, 3.8) is 0 Å². The third kappa shape index (κ3) is 3.85. The van der Waals surface area contributed by atoms with Gasteiger partial charge in [0.1, 0.15) is 6.61 Å². The molecule has 2 rings (SSSR count). The minimum Gasteiger partial charge on any atom is -0.486 e. The second-order valence-electron chi connectivity index (χ2n) is 4.32. The number of ether oxygens (including phenoxy) is 1. The number of benzene rings is 2. The van der Waals surface area contributed by atoms with Crippen molar-refractivity contribution in [3.05, 3.63) is 63.4 Å². The summed E-state index contributed by atoms with van der Waals surface area (Å²) in [7, 11) is 1.81. The first-order valence-corrected chi connectivity index (χ1v) is 6.85. The van der Waals surface area contributed by atoms with Gasteiger partial charge in [0, 0.05) is 22.2 Å². The van der Waals surface area contributed by atoms with Gasteiger partial charge in [0.2, 0.25) is 0 Å². The predicted molar refractivity (Wildman–Crippen MR) is 80.0 cm³/mol. The van der Waals surface area contributed by atoms with Crippen LogP contribution in [0.1, 0.15) is 11.1 Å². The first-order valence-electron chi connectivity index (χ1n) is 6.10. The summed E-state index contributed by atoms with van der Waals surface area (Å²) in [5.41, 5.74) is 1.58. The van der Waals surface area contributed by atoms with E-state index in [0.717, 1.165) is 11.1 Å². The minimum absolute atomic E-state index is 0.168. The van der Waals surface area contributed by atoms with Gasteiger partial charge in [0.05, 0.1) is 0 Å². The molecule has 0 saturated carbocycles. The molecule has 20 heavy (non-hydrogen) atoms. The second-order valence-corrected chi connectivity index (χ2v) is 5.16. The molecule has 2 aromatic carbocycles. The van der Waals surface area contributed by atoms with Crippen LogP contribution in [0, 0.1) is 5.82 Å². The summed E-state index contributed by atoms with van der Waals surface area (Å²) in [5.74, 6) is -0.197. The molecule has 0 aliphatic rings. The van der Waals surface area contributed by atoms with Gasteiger partial charge in [0.15, 0.2) is 11.6 Å². The maximum Gasteiger partial charge on any atom is 0.165 e. The van der Waals surface area contributed by atoms with Gasteiger partial charge in [-0.3, -0.25) is 0 Å². The standard InChI is InChI=1S/C15H14Cl2FNO/c1-19-8-10-2-5-15(14(18)6-10)20-9-11-7-12(16)3-4-13(11)17/h2-7,19H,8-9H2,1H3. The summed E-state index contributed by atoms with van der Waals surface area (Å²) >= 11 is 11.9. The van der Waals surface area contributed by atoms with Crippen molar-refractivity contribution >= 4 is 23.2 Å². The number of nitrogens with one attached hydrogen (secondary N) is 1. The Kier molecular flexibility index (Phi) is 5.24.